The van der Waals surface area contributed by atoms with Gasteiger partial charge in [-0.05, 0) is 62.1 Å². The molecule has 0 fully saturated rings. The summed E-state index contributed by atoms with van der Waals surface area (Å²) < 4.78 is 35.7. The molecule has 0 saturated carbocycles. The molecule has 0 N–H and O–H groups in total. The third-order valence-corrected chi connectivity index (χ3v) is 6.43. The first kappa shape index (κ1) is 27.8. The number of rotatable bonds is 11. The molecule has 0 amide bonds. The van der Waals surface area contributed by atoms with Crippen molar-refractivity contribution in [3.8, 4) is 0 Å². The molecule has 3 rings (SSSR count). The van der Waals surface area contributed by atoms with Crippen molar-refractivity contribution >= 4 is 21.7 Å². The monoisotopic (exact) mass is 502 g/mol. The molecule has 2 aromatic carbocycles. The van der Waals surface area contributed by atoms with Gasteiger partial charge in [0.2, 0.25) is 6.33 Å². The zero-order chi connectivity index (χ0) is 24.8. The van der Waals surface area contributed by atoms with Gasteiger partial charge in [0.15, 0.2) is 0 Å². The Hall–Kier alpha value is -2.41. The minimum Gasteiger partial charge on any atom is -0.744 e. The summed E-state index contributed by atoms with van der Waals surface area (Å²) in [4.78, 5) is -0.178. The van der Waals surface area contributed by atoms with Gasteiger partial charge in [-0.1, -0.05) is 73.7 Å². The van der Waals surface area contributed by atoms with Crippen molar-refractivity contribution in [1.82, 2.24) is 4.57 Å². The fourth-order valence-electron chi connectivity index (χ4n) is 3.32. The average Bonchev–Trinajstić information content (AvgIpc) is 3.25. The molecule has 34 heavy (non-hydrogen) atoms. The van der Waals surface area contributed by atoms with Gasteiger partial charge in [-0.3, -0.25) is 0 Å². The van der Waals surface area contributed by atoms with Gasteiger partial charge >= 0.3 is 0 Å². The molecule has 0 bridgehead atoms. The molecule has 7 heteroatoms. The van der Waals surface area contributed by atoms with Crippen molar-refractivity contribution in [3.63, 3.8) is 0 Å². The van der Waals surface area contributed by atoms with Crippen molar-refractivity contribution in [2.45, 2.75) is 70.4 Å². The van der Waals surface area contributed by atoms with E-state index in [1.807, 2.05) is 19.1 Å². The zero-order valence-corrected chi connectivity index (χ0v) is 21.6. The lowest BCUT2D eigenvalue weighted by molar-refractivity contribution is -0.686. The maximum atomic E-state index is 10.4. The van der Waals surface area contributed by atoms with Gasteiger partial charge < -0.3 is 4.55 Å². The van der Waals surface area contributed by atoms with Crippen LogP contribution < -0.4 is 4.57 Å². The lowest BCUT2D eigenvalue weighted by Crippen LogP contribution is -2.29. The highest BCUT2D eigenvalue weighted by molar-refractivity contribution is 7.85. The minimum atomic E-state index is -4.27. The lowest BCUT2D eigenvalue weighted by Gasteiger charge is -2.05. The Bertz CT molecular complexity index is 1110. The van der Waals surface area contributed by atoms with Crippen LogP contribution in [0.4, 0.5) is 0 Å². The Balaban J connectivity index is 0.000000310. The van der Waals surface area contributed by atoms with E-state index in [4.69, 9.17) is 11.6 Å². The van der Waals surface area contributed by atoms with Crippen LogP contribution in [0.15, 0.2) is 84.3 Å². The molecule has 184 valence electrons. The second-order valence-electron chi connectivity index (χ2n) is 8.33. The van der Waals surface area contributed by atoms with Gasteiger partial charge in [-0.15, -0.1) is 0 Å². The highest BCUT2D eigenvalue weighted by Gasteiger charge is 2.02. The van der Waals surface area contributed by atoms with Crippen LogP contribution in [-0.4, -0.2) is 17.5 Å². The first-order valence-corrected chi connectivity index (χ1v) is 13.5. The van der Waals surface area contributed by atoms with Gasteiger partial charge in [-0.2, -0.15) is 0 Å². The normalized spacial score (nSPS) is 11.4. The molecule has 0 aliphatic heterocycles. The Labute approximate surface area is 209 Å². The summed E-state index contributed by atoms with van der Waals surface area (Å²) in [6.07, 6.45) is 18.6. The van der Waals surface area contributed by atoms with E-state index in [0.29, 0.717) is 0 Å². The topological polar surface area (TPSA) is 66.0 Å². The lowest BCUT2D eigenvalue weighted by atomic mass is 10.1. The highest BCUT2D eigenvalue weighted by Crippen LogP contribution is 2.10. The summed E-state index contributed by atoms with van der Waals surface area (Å²) in [5.41, 5.74) is 2.22. The number of halogens is 1. The standard InChI is InChI=1S/C20H28ClN2.C7H8O3S/c1-2-3-4-5-7-14-22-16-17-23(18-22)15-8-6-9-19-10-12-20(21)13-11-19;1-6-2-4-7(5-3-6)11(8,9)10/h6,8,10-13,16-18H,2-5,7,9,14-15H2,1H3;2-5H,1H3,(H,8,9,10)/q+1;/p-1. The molecule has 0 unspecified atom stereocenters. The molecule has 0 aliphatic rings. The van der Waals surface area contributed by atoms with Crippen molar-refractivity contribution in [1.29, 1.82) is 0 Å². The molecule has 5 nitrogen and oxygen atoms in total. The number of hydrogen-bond acceptors (Lipinski definition) is 3. The number of hydrogen-bond donors (Lipinski definition) is 0. The van der Waals surface area contributed by atoms with Gasteiger partial charge in [0.25, 0.3) is 0 Å². The van der Waals surface area contributed by atoms with Crippen molar-refractivity contribution in [3.05, 3.63) is 95.6 Å². The summed E-state index contributed by atoms with van der Waals surface area (Å²) in [5, 5.41) is 0.796. The fraction of sp³-hybridized carbons (Fsp3) is 0.370. The van der Waals surface area contributed by atoms with Crippen LogP contribution in [0.5, 0.6) is 0 Å². The molecule has 0 atom stereocenters. The highest BCUT2D eigenvalue weighted by atomic mass is 35.5. The Morgan fingerprint density at radius 3 is 2.29 bits per heavy atom. The number of allylic oxidation sites excluding steroid dienone is 2. The fourth-order valence-corrected chi connectivity index (χ4v) is 3.91. The van der Waals surface area contributed by atoms with E-state index >= 15 is 0 Å². The largest absolute Gasteiger partial charge is 0.744 e. The Morgan fingerprint density at radius 1 is 0.971 bits per heavy atom. The van der Waals surface area contributed by atoms with E-state index in [1.165, 1.54) is 49.8 Å². The molecule has 0 aliphatic carbocycles. The maximum absolute atomic E-state index is 10.4. The summed E-state index contributed by atoms with van der Waals surface area (Å²) in [7, 11) is -4.27. The first-order valence-electron chi connectivity index (χ1n) is 11.7. The second-order valence-corrected chi connectivity index (χ2v) is 10.1. The summed E-state index contributed by atoms with van der Waals surface area (Å²) in [5.74, 6) is 0. The Kier molecular flexibility index (Phi) is 12.1. The Morgan fingerprint density at radius 2 is 1.65 bits per heavy atom. The SMILES string of the molecule is CCCCCCCn1cc[n+](CC=CCc2ccc(Cl)cc2)c1.Cc1ccc(S(=O)(=O)[O-])cc1. The maximum Gasteiger partial charge on any atom is 0.244 e. The predicted octanol–water partition coefficient (Wildman–Crippen LogP) is 6.10. The molecule has 3 aromatic rings. The summed E-state index contributed by atoms with van der Waals surface area (Å²) in [6, 6.07) is 13.8. The minimum absolute atomic E-state index is 0.178. The third kappa shape index (κ3) is 11.1. The quantitative estimate of drug-likeness (QED) is 0.138. The van der Waals surface area contributed by atoms with Gasteiger partial charge in [-0.25, -0.2) is 17.6 Å². The van der Waals surface area contributed by atoms with E-state index in [-0.39, 0.29) is 4.90 Å². The molecule has 1 heterocycles. The number of unbranched alkanes of at least 4 members (excludes halogenated alkanes) is 4. The van der Waals surface area contributed by atoms with E-state index in [1.54, 1.807) is 12.1 Å². The van der Waals surface area contributed by atoms with Crippen LogP contribution in [0.2, 0.25) is 5.02 Å². The van der Waals surface area contributed by atoms with E-state index in [0.717, 1.165) is 30.1 Å². The second kappa shape index (κ2) is 14.8. The number of benzene rings is 2. The van der Waals surface area contributed by atoms with Crippen LogP contribution in [-0.2, 0) is 29.6 Å². The summed E-state index contributed by atoms with van der Waals surface area (Å²) >= 11 is 5.89. The number of imidazole rings is 1. The van der Waals surface area contributed by atoms with Crippen molar-refractivity contribution < 1.29 is 17.5 Å². The molecule has 0 spiro atoms. The smallest absolute Gasteiger partial charge is 0.244 e. The van der Waals surface area contributed by atoms with Gasteiger partial charge in [0.05, 0.1) is 11.4 Å². The van der Waals surface area contributed by atoms with Crippen LogP contribution >= 0.6 is 11.6 Å². The van der Waals surface area contributed by atoms with E-state index in [9.17, 15) is 13.0 Å². The van der Waals surface area contributed by atoms with Crippen LogP contribution in [0.25, 0.3) is 0 Å². The summed E-state index contributed by atoms with van der Waals surface area (Å²) in [6.45, 7) is 6.14. The third-order valence-electron chi connectivity index (χ3n) is 5.33. The molecular formula is C27H35ClN2O3S. The number of aromatic nitrogens is 2. The predicted molar refractivity (Wildman–Crippen MR) is 137 cm³/mol. The molecule has 1 aromatic heterocycles. The molecule has 0 radical (unpaired) electrons. The van der Waals surface area contributed by atoms with E-state index < -0.39 is 10.1 Å². The van der Waals surface area contributed by atoms with Crippen molar-refractivity contribution in [2.24, 2.45) is 0 Å². The number of nitrogens with zero attached hydrogens (tertiary/aromatic N) is 2. The van der Waals surface area contributed by atoms with Crippen molar-refractivity contribution in [2.75, 3.05) is 0 Å². The number of aryl methyl sites for hydroxylation is 2. The first-order chi connectivity index (χ1) is 16.3. The average molecular weight is 503 g/mol. The van der Waals surface area contributed by atoms with Gasteiger partial charge in [0, 0.05) is 5.02 Å². The van der Waals surface area contributed by atoms with Crippen LogP contribution in [0.1, 0.15) is 50.2 Å². The van der Waals surface area contributed by atoms with Crippen LogP contribution in [0, 0.1) is 6.92 Å². The molecular weight excluding hydrogens is 468 g/mol. The molecule has 0 saturated heterocycles. The van der Waals surface area contributed by atoms with E-state index in [2.05, 4.69) is 59.1 Å². The zero-order valence-electron chi connectivity index (χ0n) is 20.1. The van der Waals surface area contributed by atoms with Crippen LogP contribution in [0.3, 0.4) is 0 Å². The van der Waals surface area contributed by atoms with Gasteiger partial charge in [0.1, 0.15) is 29.1 Å².